The fraction of sp³-hybridized carbons (Fsp3) is 0.400. The van der Waals surface area contributed by atoms with Crippen molar-refractivity contribution in [2.75, 3.05) is 19.6 Å². The number of carbonyl (C=O) groups is 1. The zero-order valence-corrected chi connectivity index (χ0v) is 18.3. The smallest absolute Gasteiger partial charge is 0.243 e. The zero-order chi connectivity index (χ0) is 21.7. The Morgan fingerprint density at radius 1 is 1.13 bits per heavy atom. The largest absolute Gasteiger partial charge is 0.361 e. The molecule has 1 aliphatic heterocycles. The molecule has 0 aliphatic carbocycles. The van der Waals surface area contributed by atoms with Crippen LogP contribution in [0, 0.1) is 0 Å². The Kier molecular flexibility index (Phi) is 6.47. The normalized spacial score (nSPS) is 18.9. The van der Waals surface area contributed by atoms with E-state index >= 15 is 0 Å². The number of pyridine rings is 1. The van der Waals surface area contributed by atoms with E-state index in [1.807, 2.05) is 79.5 Å². The van der Waals surface area contributed by atoms with Crippen LogP contribution in [0.25, 0.3) is 11.3 Å². The average Bonchev–Trinajstić information content (AvgIpc) is 3.44. The molecule has 0 bridgehead atoms. The van der Waals surface area contributed by atoms with Crippen molar-refractivity contribution in [1.82, 2.24) is 19.9 Å². The van der Waals surface area contributed by atoms with Crippen LogP contribution in [0.2, 0.25) is 0 Å². The Balaban J connectivity index is 1.66. The SMILES string of the molecule is CCN(CC)C(=O)C1(Cc2cc(-c3ccccc3)no2)CCCN1Cc1ccccn1. The average molecular weight is 419 g/mol. The van der Waals surface area contributed by atoms with E-state index < -0.39 is 5.54 Å². The molecule has 4 rings (SSSR count). The first-order valence-electron chi connectivity index (χ1n) is 11.1. The Labute approximate surface area is 183 Å². The van der Waals surface area contributed by atoms with Crippen molar-refractivity contribution in [3.63, 3.8) is 0 Å². The maximum absolute atomic E-state index is 13.8. The van der Waals surface area contributed by atoms with Crippen molar-refractivity contribution < 1.29 is 9.32 Å². The second-order valence-electron chi connectivity index (χ2n) is 8.08. The lowest BCUT2D eigenvalue weighted by molar-refractivity contribution is -0.143. The lowest BCUT2D eigenvalue weighted by Gasteiger charge is -2.39. The molecular formula is C25H30N4O2. The fourth-order valence-corrected chi connectivity index (χ4v) is 4.60. The van der Waals surface area contributed by atoms with Gasteiger partial charge in [0.05, 0.1) is 5.69 Å². The highest BCUT2D eigenvalue weighted by atomic mass is 16.5. The number of hydrogen-bond donors (Lipinski definition) is 0. The maximum Gasteiger partial charge on any atom is 0.243 e. The number of likely N-dealkylation sites (tertiary alicyclic amines) is 1. The number of likely N-dealkylation sites (N-methyl/N-ethyl adjacent to an activating group) is 1. The number of aromatic nitrogens is 2. The molecule has 0 radical (unpaired) electrons. The molecule has 1 aliphatic rings. The molecule has 1 fully saturated rings. The molecule has 3 heterocycles. The zero-order valence-electron chi connectivity index (χ0n) is 18.3. The van der Waals surface area contributed by atoms with Gasteiger partial charge < -0.3 is 9.42 Å². The third kappa shape index (κ3) is 4.39. The Hall–Kier alpha value is -2.99. The monoisotopic (exact) mass is 418 g/mol. The lowest BCUT2D eigenvalue weighted by Crippen LogP contribution is -2.57. The minimum absolute atomic E-state index is 0.170. The first-order valence-corrected chi connectivity index (χ1v) is 11.1. The molecule has 0 saturated carbocycles. The first kappa shape index (κ1) is 21.2. The van der Waals surface area contributed by atoms with E-state index in [0.29, 0.717) is 26.1 Å². The van der Waals surface area contributed by atoms with E-state index in [1.165, 1.54) is 0 Å². The van der Waals surface area contributed by atoms with Crippen LogP contribution in [0.5, 0.6) is 0 Å². The molecule has 31 heavy (non-hydrogen) atoms. The predicted molar refractivity (Wildman–Crippen MR) is 120 cm³/mol. The van der Waals surface area contributed by atoms with Gasteiger partial charge in [-0.25, -0.2) is 0 Å². The van der Waals surface area contributed by atoms with Crippen LogP contribution in [0.3, 0.4) is 0 Å². The van der Waals surface area contributed by atoms with Crippen LogP contribution in [-0.4, -0.2) is 51.0 Å². The number of rotatable bonds is 8. The highest BCUT2D eigenvalue weighted by molar-refractivity contribution is 5.87. The van der Waals surface area contributed by atoms with Gasteiger partial charge in [-0.2, -0.15) is 0 Å². The summed E-state index contributed by atoms with van der Waals surface area (Å²) < 4.78 is 5.74. The van der Waals surface area contributed by atoms with E-state index in [0.717, 1.165) is 42.1 Å². The van der Waals surface area contributed by atoms with Gasteiger partial charge in [-0.3, -0.25) is 14.7 Å². The molecule has 6 nitrogen and oxygen atoms in total. The summed E-state index contributed by atoms with van der Waals surface area (Å²) in [6, 6.07) is 17.9. The molecule has 1 atom stereocenters. The summed E-state index contributed by atoms with van der Waals surface area (Å²) in [6.07, 6.45) is 4.09. The Bertz CT molecular complexity index is 985. The van der Waals surface area contributed by atoms with Crippen LogP contribution in [0.1, 0.15) is 38.1 Å². The molecule has 0 spiro atoms. The van der Waals surface area contributed by atoms with Gasteiger partial charge in [-0.1, -0.05) is 41.6 Å². The molecule has 1 aromatic carbocycles. The summed E-state index contributed by atoms with van der Waals surface area (Å²) in [7, 11) is 0. The van der Waals surface area contributed by atoms with Crippen LogP contribution >= 0.6 is 0 Å². The summed E-state index contributed by atoms with van der Waals surface area (Å²) in [6.45, 7) is 6.97. The van der Waals surface area contributed by atoms with E-state index in [-0.39, 0.29) is 5.91 Å². The molecule has 1 unspecified atom stereocenters. The van der Waals surface area contributed by atoms with E-state index in [2.05, 4.69) is 15.0 Å². The summed E-state index contributed by atoms with van der Waals surface area (Å²) in [5.41, 5.74) is 2.15. The molecule has 3 aromatic rings. The summed E-state index contributed by atoms with van der Waals surface area (Å²) >= 11 is 0. The topological polar surface area (TPSA) is 62.5 Å². The van der Waals surface area contributed by atoms with Gasteiger partial charge in [0, 0.05) is 43.9 Å². The van der Waals surface area contributed by atoms with Crippen molar-refractivity contribution >= 4 is 5.91 Å². The van der Waals surface area contributed by atoms with Crippen LogP contribution in [0.4, 0.5) is 0 Å². The van der Waals surface area contributed by atoms with Crippen molar-refractivity contribution in [3.8, 4) is 11.3 Å². The van der Waals surface area contributed by atoms with Gasteiger partial charge in [0.2, 0.25) is 5.91 Å². The van der Waals surface area contributed by atoms with E-state index in [1.54, 1.807) is 0 Å². The molecule has 162 valence electrons. The Morgan fingerprint density at radius 2 is 1.90 bits per heavy atom. The van der Waals surface area contributed by atoms with Gasteiger partial charge in [0.1, 0.15) is 17.0 Å². The van der Waals surface area contributed by atoms with Gasteiger partial charge in [-0.05, 0) is 45.4 Å². The third-order valence-corrected chi connectivity index (χ3v) is 6.25. The maximum atomic E-state index is 13.8. The minimum Gasteiger partial charge on any atom is -0.361 e. The molecule has 6 heteroatoms. The highest BCUT2D eigenvalue weighted by Crippen LogP contribution is 2.36. The van der Waals surface area contributed by atoms with Crippen LogP contribution < -0.4 is 0 Å². The van der Waals surface area contributed by atoms with Crippen molar-refractivity contribution in [2.24, 2.45) is 0 Å². The van der Waals surface area contributed by atoms with Crippen LogP contribution in [-0.2, 0) is 17.8 Å². The first-order chi connectivity index (χ1) is 15.2. The standard InChI is InChI=1S/C25H30N4O2/c1-3-28(4-2)24(30)25(14-10-16-29(25)19-21-13-8-9-15-26-21)18-22-17-23(27-31-22)20-11-6-5-7-12-20/h5-9,11-13,15,17H,3-4,10,14,16,18-19H2,1-2H3. The molecule has 2 aromatic heterocycles. The van der Waals surface area contributed by atoms with Gasteiger partial charge in [-0.15, -0.1) is 0 Å². The lowest BCUT2D eigenvalue weighted by atomic mass is 9.88. The third-order valence-electron chi connectivity index (χ3n) is 6.25. The number of carbonyl (C=O) groups excluding carboxylic acids is 1. The van der Waals surface area contributed by atoms with Crippen molar-refractivity contribution in [2.45, 2.75) is 45.2 Å². The van der Waals surface area contributed by atoms with Gasteiger partial charge in [0.15, 0.2) is 0 Å². The molecule has 0 N–H and O–H groups in total. The second-order valence-corrected chi connectivity index (χ2v) is 8.08. The van der Waals surface area contributed by atoms with E-state index in [4.69, 9.17) is 4.52 Å². The number of amides is 1. The van der Waals surface area contributed by atoms with Gasteiger partial charge >= 0.3 is 0 Å². The summed E-state index contributed by atoms with van der Waals surface area (Å²) in [5, 5.41) is 4.28. The molecular weight excluding hydrogens is 388 g/mol. The fourth-order valence-electron chi connectivity index (χ4n) is 4.60. The quantitative estimate of drug-likeness (QED) is 0.549. The highest BCUT2D eigenvalue weighted by Gasteiger charge is 2.49. The molecule has 1 amide bonds. The minimum atomic E-state index is -0.642. The van der Waals surface area contributed by atoms with E-state index in [9.17, 15) is 4.79 Å². The summed E-state index contributed by atoms with van der Waals surface area (Å²) in [4.78, 5) is 22.5. The number of nitrogens with zero attached hydrogens (tertiary/aromatic N) is 4. The van der Waals surface area contributed by atoms with Crippen LogP contribution in [0.15, 0.2) is 65.3 Å². The predicted octanol–water partition coefficient (Wildman–Crippen LogP) is 4.18. The number of hydrogen-bond acceptors (Lipinski definition) is 5. The van der Waals surface area contributed by atoms with Gasteiger partial charge in [0.25, 0.3) is 0 Å². The van der Waals surface area contributed by atoms with Crippen molar-refractivity contribution in [1.29, 1.82) is 0 Å². The number of benzene rings is 1. The molecule has 1 saturated heterocycles. The van der Waals surface area contributed by atoms with Crippen molar-refractivity contribution in [3.05, 3.63) is 72.2 Å². The second kappa shape index (κ2) is 9.43. The summed E-state index contributed by atoms with van der Waals surface area (Å²) in [5.74, 6) is 0.913. The Morgan fingerprint density at radius 3 is 2.61 bits per heavy atom.